The van der Waals surface area contributed by atoms with Crippen LogP contribution in [0, 0.1) is 5.92 Å². The van der Waals surface area contributed by atoms with Crippen molar-refractivity contribution in [3.63, 3.8) is 0 Å². The number of hydrogen-bond acceptors (Lipinski definition) is 4. The number of halogens is 4. The Hall–Kier alpha value is -2.84. The molecule has 2 aliphatic rings. The second-order valence-electron chi connectivity index (χ2n) is 8.19. The molecule has 31 heavy (non-hydrogen) atoms. The highest BCUT2D eigenvalue weighted by Gasteiger charge is 2.42. The zero-order chi connectivity index (χ0) is 22.1. The third kappa shape index (κ3) is 4.91. The lowest BCUT2D eigenvalue weighted by molar-refractivity contribution is -0.137. The fraction of sp³-hybridized carbons (Fsp3) is 0.455. The minimum absolute atomic E-state index is 0.0726. The van der Waals surface area contributed by atoms with E-state index in [4.69, 9.17) is 0 Å². The van der Waals surface area contributed by atoms with Gasteiger partial charge in [-0.05, 0) is 30.4 Å². The first kappa shape index (κ1) is 21.4. The van der Waals surface area contributed by atoms with Gasteiger partial charge in [-0.25, -0.2) is 9.37 Å². The lowest BCUT2D eigenvalue weighted by Crippen LogP contribution is -2.41. The van der Waals surface area contributed by atoms with E-state index in [1.807, 2.05) is 0 Å². The van der Waals surface area contributed by atoms with Crippen LogP contribution in [0.5, 0.6) is 0 Å². The normalized spacial score (nSPS) is 18.5. The number of carbonyl (C=O) groups excluding carboxylic acids is 1. The fourth-order valence-corrected chi connectivity index (χ4v) is 3.98. The molecule has 0 bridgehead atoms. The van der Waals surface area contributed by atoms with Crippen LogP contribution in [0.4, 0.5) is 29.1 Å². The Bertz CT molecular complexity index is 923. The molecular weight excluding hydrogens is 412 g/mol. The zero-order valence-electron chi connectivity index (χ0n) is 16.9. The first-order chi connectivity index (χ1) is 14.8. The molecule has 0 atom stereocenters. The van der Waals surface area contributed by atoms with Gasteiger partial charge in [-0.2, -0.15) is 13.2 Å². The summed E-state index contributed by atoms with van der Waals surface area (Å²) in [6.45, 7) is 0.262. The molecular formula is C22H24F4N4O. The van der Waals surface area contributed by atoms with Gasteiger partial charge < -0.3 is 4.90 Å². The maximum absolute atomic E-state index is 15.4. The molecule has 2 heterocycles. The smallest absolute Gasteiger partial charge is 0.371 e. The first-order valence-electron chi connectivity index (χ1n) is 10.4. The van der Waals surface area contributed by atoms with E-state index < -0.39 is 23.2 Å². The molecule has 1 aromatic heterocycles. The van der Waals surface area contributed by atoms with Crippen LogP contribution < -0.4 is 15.8 Å². The SMILES string of the molecule is O=C(CC1CC1)NNc1nccc(N2CCC(F)(c3ccccc3)CC2)c1C(F)(F)F. The first-order valence-corrected chi connectivity index (χ1v) is 10.4. The number of hydrogen-bond donors (Lipinski definition) is 2. The number of rotatable bonds is 6. The Morgan fingerprint density at radius 2 is 1.81 bits per heavy atom. The number of carbonyl (C=O) groups is 1. The Labute approximate surface area is 177 Å². The summed E-state index contributed by atoms with van der Waals surface area (Å²) in [5.41, 5.74) is 2.60. The molecule has 9 heteroatoms. The molecule has 2 fully saturated rings. The van der Waals surface area contributed by atoms with Gasteiger partial charge in [0.05, 0.1) is 5.69 Å². The number of nitrogens with one attached hydrogen (secondary N) is 2. The molecule has 0 radical (unpaired) electrons. The number of alkyl halides is 4. The van der Waals surface area contributed by atoms with E-state index in [2.05, 4.69) is 15.8 Å². The fourth-order valence-electron chi connectivity index (χ4n) is 3.98. The molecule has 1 amide bonds. The molecule has 1 saturated heterocycles. The van der Waals surface area contributed by atoms with E-state index in [0.717, 1.165) is 12.8 Å². The third-order valence-electron chi connectivity index (χ3n) is 5.89. The number of benzene rings is 1. The summed E-state index contributed by atoms with van der Waals surface area (Å²) in [7, 11) is 0. The Balaban J connectivity index is 1.52. The lowest BCUT2D eigenvalue weighted by Gasteiger charge is -2.39. The highest BCUT2D eigenvalue weighted by atomic mass is 19.4. The number of aromatic nitrogens is 1. The van der Waals surface area contributed by atoms with Crippen molar-refractivity contribution >= 4 is 17.4 Å². The Kier molecular flexibility index (Phi) is 5.77. The molecule has 1 saturated carbocycles. The molecule has 1 aromatic carbocycles. The number of hydrazine groups is 1. The van der Waals surface area contributed by atoms with E-state index in [9.17, 15) is 18.0 Å². The standard InChI is InChI=1S/C22H24F4N4O/c23-21(16-4-2-1-3-5-16)9-12-30(13-10-21)17-8-11-27-20(19(17)22(24,25)26)29-28-18(31)14-15-6-7-15/h1-5,8,11,15H,6-7,9-10,12-14H2,(H,27,29)(H,28,31). The van der Waals surface area contributed by atoms with Crippen LogP contribution in [0.1, 0.15) is 43.2 Å². The topological polar surface area (TPSA) is 57.3 Å². The summed E-state index contributed by atoms with van der Waals surface area (Å²) in [6.07, 6.45) is -1.08. The molecule has 2 aromatic rings. The van der Waals surface area contributed by atoms with Crippen molar-refractivity contribution in [1.82, 2.24) is 10.4 Å². The van der Waals surface area contributed by atoms with Gasteiger partial charge in [0.25, 0.3) is 0 Å². The van der Waals surface area contributed by atoms with Crippen molar-refractivity contribution in [3.05, 3.63) is 53.7 Å². The summed E-state index contributed by atoms with van der Waals surface area (Å²) in [6, 6.07) is 10.00. The largest absolute Gasteiger partial charge is 0.422 e. The lowest BCUT2D eigenvalue weighted by atomic mass is 9.86. The Morgan fingerprint density at radius 1 is 1.13 bits per heavy atom. The summed E-state index contributed by atoms with van der Waals surface area (Å²) < 4.78 is 57.2. The van der Waals surface area contributed by atoms with E-state index >= 15 is 4.39 Å². The molecule has 2 N–H and O–H groups in total. The minimum Gasteiger partial charge on any atom is -0.371 e. The van der Waals surface area contributed by atoms with Crippen molar-refractivity contribution < 1.29 is 22.4 Å². The molecule has 4 rings (SSSR count). The molecule has 166 valence electrons. The van der Waals surface area contributed by atoms with E-state index in [1.165, 1.54) is 17.2 Å². The molecule has 1 aliphatic heterocycles. The van der Waals surface area contributed by atoms with E-state index in [-0.39, 0.29) is 43.9 Å². The molecule has 5 nitrogen and oxygen atoms in total. The van der Waals surface area contributed by atoms with Gasteiger partial charge in [-0.3, -0.25) is 15.6 Å². The van der Waals surface area contributed by atoms with E-state index in [1.54, 1.807) is 30.3 Å². The van der Waals surface area contributed by atoms with Crippen LogP contribution >= 0.6 is 0 Å². The zero-order valence-corrected chi connectivity index (χ0v) is 16.9. The predicted octanol–water partition coefficient (Wildman–Crippen LogP) is 4.81. The summed E-state index contributed by atoms with van der Waals surface area (Å²) >= 11 is 0. The average molecular weight is 436 g/mol. The number of piperidine rings is 1. The summed E-state index contributed by atoms with van der Waals surface area (Å²) in [5.74, 6) is -0.526. The van der Waals surface area contributed by atoms with Crippen molar-refractivity contribution in [2.75, 3.05) is 23.4 Å². The molecule has 0 unspecified atom stereocenters. The second kappa shape index (κ2) is 8.36. The molecule has 0 spiro atoms. The summed E-state index contributed by atoms with van der Waals surface area (Å²) in [4.78, 5) is 17.2. The van der Waals surface area contributed by atoms with Crippen LogP contribution in [-0.2, 0) is 16.6 Å². The van der Waals surface area contributed by atoms with Crippen molar-refractivity contribution in [2.45, 2.75) is 43.9 Å². The number of pyridine rings is 1. The number of anilines is 2. The highest BCUT2D eigenvalue weighted by Crippen LogP contribution is 2.44. The van der Waals surface area contributed by atoms with Crippen LogP contribution in [0.2, 0.25) is 0 Å². The predicted molar refractivity (Wildman–Crippen MR) is 109 cm³/mol. The van der Waals surface area contributed by atoms with Crippen molar-refractivity contribution in [2.24, 2.45) is 5.92 Å². The second-order valence-corrected chi connectivity index (χ2v) is 8.19. The monoisotopic (exact) mass is 436 g/mol. The van der Waals surface area contributed by atoms with Crippen LogP contribution in [0.3, 0.4) is 0 Å². The summed E-state index contributed by atoms with van der Waals surface area (Å²) in [5, 5.41) is 0. The van der Waals surface area contributed by atoms with Crippen molar-refractivity contribution in [3.8, 4) is 0 Å². The quantitative estimate of drug-likeness (QED) is 0.504. The third-order valence-corrected chi connectivity index (χ3v) is 5.89. The van der Waals surface area contributed by atoms with Crippen LogP contribution in [0.15, 0.2) is 42.6 Å². The van der Waals surface area contributed by atoms with Gasteiger partial charge >= 0.3 is 6.18 Å². The van der Waals surface area contributed by atoms with E-state index in [0.29, 0.717) is 11.5 Å². The average Bonchev–Trinajstić information content (AvgIpc) is 3.56. The van der Waals surface area contributed by atoms with Crippen LogP contribution in [0.25, 0.3) is 0 Å². The number of amides is 1. The maximum atomic E-state index is 15.4. The van der Waals surface area contributed by atoms with Gasteiger partial charge in [0.15, 0.2) is 5.82 Å². The Morgan fingerprint density at radius 3 is 2.42 bits per heavy atom. The van der Waals surface area contributed by atoms with Gasteiger partial charge in [0.2, 0.25) is 5.91 Å². The van der Waals surface area contributed by atoms with Gasteiger partial charge in [0.1, 0.15) is 11.2 Å². The van der Waals surface area contributed by atoms with Gasteiger partial charge in [-0.1, -0.05) is 30.3 Å². The minimum atomic E-state index is -4.70. The molecule has 1 aliphatic carbocycles. The van der Waals surface area contributed by atoms with Gasteiger partial charge in [0, 0.05) is 38.5 Å². The maximum Gasteiger partial charge on any atom is 0.422 e. The number of nitrogens with zero attached hydrogens (tertiary/aromatic N) is 2. The van der Waals surface area contributed by atoms with Gasteiger partial charge in [-0.15, -0.1) is 0 Å². The highest BCUT2D eigenvalue weighted by molar-refractivity contribution is 5.78. The van der Waals surface area contributed by atoms with Crippen molar-refractivity contribution in [1.29, 1.82) is 0 Å². The van der Waals surface area contributed by atoms with Crippen LogP contribution in [-0.4, -0.2) is 24.0 Å².